The number of hydrogen-bond donors (Lipinski definition) is 2. The molecule has 0 saturated carbocycles. The van der Waals surface area contributed by atoms with Crippen molar-refractivity contribution in [2.24, 2.45) is 0 Å². The van der Waals surface area contributed by atoms with Crippen LogP contribution in [0, 0.1) is 16.4 Å². The van der Waals surface area contributed by atoms with Crippen LogP contribution in [0.3, 0.4) is 0 Å². The average molecular weight is 216 g/mol. The third-order valence-electron chi connectivity index (χ3n) is 1.87. The number of hydrogen-bond acceptors (Lipinski definition) is 2. The fourth-order valence-electron chi connectivity index (χ4n) is 1.28. The Hall–Kier alpha value is -1.43. The van der Waals surface area contributed by atoms with Gasteiger partial charge in [0, 0.05) is 6.07 Å². The van der Waals surface area contributed by atoms with Crippen molar-refractivity contribution in [3.8, 4) is 5.75 Å². The molecule has 0 saturated heterocycles. The molecule has 0 aliphatic carbocycles. The van der Waals surface area contributed by atoms with Gasteiger partial charge in [0.25, 0.3) is 0 Å². The van der Waals surface area contributed by atoms with Gasteiger partial charge in [0.05, 0.1) is 12.6 Å². The summed E-state index contributed by atoms with van der Waals surface area (Å²) in [6.45, 7) is 0. The van der Waals surface area contributed by atoms with Crippen LogP contribution in [0.15, 0.2) is 6.07 Å². The predicted octanol–water partition coefficient (Wildman–Crippen LogP) is 2.51. The second-order valence-electron chi connectivity index (χ2n) is 2.71. The zero-order valence-corrected chi connectivity index (χ0v) is 7.97. The Morgan fingerprint density at radius 3 is 2.71 bits per heavy atom. The summed E-state index contributed by atoms with van der Waals surface area (Å²) >= 11 is 4.80. The maximum atomic E-state index is 13.2. The maximum absolute atomic E-state index is 13.2. The van der Waals surface area contributed by atoms with E-state index in [4.69, 9.17) is 17.0 Å². The molecule has 0 aliphatic rings. The fraction of sp³-hybridized carbons (Fsp3) is 0.125. The summed E-state index contributed by atoms with van der Waals surface area (Å²) in [6, 6.07) is 1.03. The van der Waals surface area contributed by atoms with Gasteiger partial charge in [-0.2, -0.15) is 4.39 Å². The highest BCUT2D eigenvalue weighted by Crippen LogP contribution is 2.28. The van der Waals surface area contributed by atoms with E-state index in [1.54, 1.807) is 0 Å². The summed E-state index contributed by atoms with van der Waals surface area (Å²) in [5.41, 5.74) is 0.710. The molecular formula is C8H6F2N2OS. The van der Waals surface area contributed by atoms with Crippen LogP contribution in [0.1, 0.15) is 0 Å². The Balaban J connectivity index is 2.94. The van der Waals surface area contributed by atoms with Crippen molar-refractivity contribution >= 4 is 23.3 Å². The van der Waals surface area contributed by atoms with E-state index in [0.717, 1.165) is 6.07 Å². The minimum atomic E-state index is -1.02. The van der Waals surface area contributed by atoms with Crippen molar-refractivity contribution in [1.82, 2.24) is 9.97 Å². The number of aromatic nitrogens is 2. The Kier molecular flexibility index (Phi) is 1.99. The molecule has 0 radical (unpaired) electrons. The van der Waals surface area contributed by atoms with Crippen LogP contribution >= 0.6 is 12.2 Å². The van der Waals surface area contributed by atoms with Gasteiger partial charge >= 0.3 is 0 Å². The summed E-state index contributed by atoms with van der Waals surface area (Å²) in [4.78, 5) is 5.35. The molecule has 74 valence electrons. The number of ether oxygens (including phenoxy) is 1. The number of H-pyrrole nitrogens is 2. The first kappa shape index (κ1) is 9.14. The third-order valence-corrected chi connectivity index (χ3v) is 2.07. The molecule has 2 N–H and O–H groups in total. The lowest BCUT2D eigenvalue weighted by atomic mass is 10.2. The number of imidazole rings is 1. The molecule has 1 heterocycles. The largest absolute Gasteiger partial charge is 0.491 e. The van der Waals surface area contributed by atoms with E-state index < -0.39 is 11.6 Å². The van der Waals surface area contributed by atoms with Gasteiger partial charge in [-0.25, -0.2) is 4.39 Å². The van der Waals surface area contributed by atoms with E-state index in [-0.39, 0.29) is 5.75 Å². The van der Waals surface area contributed by atoms with Crippen LogP contribution in [-0.2, 0) is 0 Å². The Morgan fingerprint density at radius 2 is 2.07 bits per heavy atom. The topological polar surface area (TPSA) is 40.8 Å². The number of methoxy groups -OCH3 is 1. The summed E-state index contributed by atoms with van der Waals surface area (Å²) in [6.07, 6.45) is 0. The molecule has 2 rings (SSSR count). The van der Waals surface area contributed by atoms with Gasteiger partial charge in [0.15, 0.2) is 16.3 Å². The Morgan fingerprint density at radius 1 is 1.36 bits per heavy atom. The molecule has 0 amide bonds. The molecule has 0 fully saturated rings. The molecule has 1 aromatic carbocycles. The molecule has 0 spiro atoms. The van der Waals surface area contributed by atoms with E-state index >= 15 is 0 Å². The summed E-state index contributed by atoms with van der Waals surface area (Å²) < 4.78 is 31.2. The van der Waals surface area contributed by atoms with Gasteiger partial charge in [-0.05, 0) is 12.2 Å². The van der Waals surface area contributed by atoms with Gasteiger partial charge in [-0.3, -0.25) is 0 Å². The van der Waals surface area contributed by atoms with Crippen LogP contribution in [0.5, 0.6) is 5.75 Å². The van der Waals surface area contributed by atoms with Gasteiger partial charge in [0.2, 0.25) is 5.82 Å². The van der Waals surface area contributed by atoms with E-state index in [2.05, 4.69) is 9.97 Å². The predicted molar refractivity (Wildman–Crippen MR) is 50.0 cm³/mol. The number of fused-ring (bicyclic) bond motifs is 1. The van der Waals surface area contributed by atoms with Crippen LogP contribution < -0.4 is 4.74 Å². The summed E-state index contributed by atoms with van der Waals surface area (Å²) in [7, 11) is 1.27. The number of rotatable bonds is 1. The van der Waals surface area contributed by atoms with Crippen molar-refractivity contribution in [3.63, 3.8) is 0 Å². The zero-order valence-electron chi connectivity index (χ0n) is 7.15. The van der Waals surface area contributed by atoms with Gasteiger partial charge < -0.3 is 14.7 Å². The molecule has 2 aromatic rings. The van der Waals surface area contributed by atoms with Gasteiger partial charge in [-0.15, -0.1) is 0 Å². The van der Waals surface area contributed by atoms with Crippen LogP contribution in [0.2, 0.25) is 0 Å². The Labute approximate surface area is 82.7 Å². The molecule has 6 heteroatoms. The molecule has 0 bridgehead atoms. The smallest absolute Gasteiger partial charge is 0.202 e. The van der Waals surface area contributed by atoms with E-state index in [0.29, 0.717) is 15.8 Å². The van der Waals surface area contributed by atoms with Crippen molar-refractivity contribution in [1.29, 1.82) is 0 Å². The normalized spacial score (nSPS) is 10.8. The average Bonchev–Trinajstić information content (AvgIpc) is 2.47. The summed E-state index contributed by atoms with van der Waals surface area (Å²) in [5.74, 6) is -2.17. The molecule has 1 aromatic heterocycles. The van der Waals surface area contributed by atoms with Crippen molar-refractivity contribution in [2.45, 2.75) is 0 Å². The van der Waals surface area contributed by atoms with Gasteiger partial charge in [-0.1, -0.05) is 0 Å². The highest BCUT2D eigenvalue weighted by Gasteiger charge is 2.15. The lowest BCUT2D eigenvalue weighted by molar-refractivity contribution is 0.376. The zero-order chi connectivity index (χ0) is 10.3. The minimum absolute atomic E-state index is 0.174. The van der Waals surface area contributed by atoms with E-state index in [9.17, 15) is 8.78 Å². The molecule has 0 aliphatic heterocycles. The first-order valence-electron chi connectivity index (χ1n) is 3.77. The van der Waals surface area contributed by atoms with Crippen molar-refractivity contribution in [3.05, 3.63) is 22.5 Å². The highest BCUT2D eigenvalue weighted by atomic mass is 32.1. The van der Waals surface area contributed by atoms with Crippen LogP contribution in [0.25, 0.3) is 11.0 Å². The number of nitrogens with one attached hydrogen (secondary N) is 2. The first-order valence-corrected chi connectivity index (χ1v) is 4.18. The van der Waals surface area contributed by atoms with Crippen LogP contribution in [0.4, 0.5) is 8.78 Å². The van der Waals surface area contributed by atoms with E-state index in [1.165, 1.54) is 7.11 Å². The first-order chi connectivity index (χ1) is 6.63. The fourth-order valence-corrected chi connectivity index (χ4v) is 1.50. The Bertz CT molecular complexity index is 546. The quantitative estimate of drug-likeness (QED) is 0.719. The molecular weight excluding hydrogens is 210 g/mol. The number of halogens is 2. The second kappa shape index (κ2) is 3.06. The lowest BCUT2D eigenvalue weighted by Crippen LogP contribution is -1.93. The minimum Gasteiger partial charge on any atom is -0.491 e. The second-order valence-corrected chi connectivity index (χ2v) is 3.12. The maximum Gasteiger partial charge on any atom is 0.202 e. The molecule has 14 heavy (non-hydrogen) atoms. The van der Waals surface area contributed by atoms with Gasteiger partial charge in [0.1, 0.15) is 5.52 Å². The monoisotopic (exact) mass is 216 g/mol. The van der Waals surface area contributed by atoms with Crippen LogP contribution in [-0.4, -0.2) is 17.1 Å². The number of benzene rings is 1. The molecule has 0 unspecified atom stereocenters. The molecule has 3 nitrogen and oxygen atoms in total. The SMILES string of the molecule is COc1c(F)c(F)cc2[nH]c(=S)[nH]c12. The van der Waals surface area contributed by atoms with E-state index in [1.807, 2.05) is 0 Å². The summed E-state index contributed by atoms with van der Waals surface area (Å²) in [5, 5.41) is 0. The van der Waals surface area contributed by atoms with Crippen molar-refractivity contribution < 1.29 is 13.5 Å². The third kappa shape index (κ3) is 1.19. The lowest BCUT2D eigenvalue weighted by Gasteiger charge is -2.03. The molecule has 0 atom stereocenters. The van der Waals surface area contributed by atoms with Crippen molar-refractivity contribution in [2.75, 3.05) is 7.11 Å². The number of aromatic amines is 2. The highest BCUT2D eigenvalue weighted by molar-refractivity contribution is 7.71. The standard InChI is InChI=1S/C8H6F2N2OS/c1-13-7-5(10)3(9)2-4-6(7)12-8(14)11-4/h2H,1H3,(H2,11,12,14).